The number of fused-ring (bicyclic) bond motifs is 5. The predicted octanol–water partition coefficient (Wildman–Crippen LogP) is 2.51. The number of nitrogens with zero attached hydrogens (tertiary/aromatic N) is 2. The van der Waals surface area contributed by atoms with Crippen LogP contribution in [0, 0.1) is 5.82 Å². The van der Waals surface area contributed by atoms with Crippen LogP contribution in [0.15, 0.2) is 47.4 Å². The Bertz CT molecular complexity index is 1640. The fourth-order valence-electron chi connectivity index (χ4n) is 5.41. The maximum Gasteiger partial charge on any atom is 0.343 e. The minimum absolute atomic E-state index is 0.000583. The van der Waals surface area contributed by atoms with Crippen LogP contribution >= 0.6 is 0 Å². The van der Waals surface area contributed by atoms with Crippen LogP contribution in [0.4, 0.5) is 10.1 Å². The Morgan fingerprint density at radius 1 is 1.23 bits per heavy atom. The SMILES string of the molecule is CS(=O)(=O)OC[C@]1(O)C[C@H]2COc3c(c(F)cc4c(=O)c(C(=O)OCc5ccccc5)cn(C5CC5)c34)N2C1. The van der Waals surface area contributed by atoms with Crippen molar-refractivity contribution in [2.75, 3.05) is 30.9 Å². The van der Waals surface area contributed by atoms with Crippen molar-refractivity contribution < 1.29 is 36.4 Å². The van der Waals surface area contributed by atoms with E-state index >= 15 is 4.39 Å². The van der Waals surface area contributed by atoms with Crippen molar-refractivity contribution in [3.05, 3.63) is 69.8 Å². The summed E-state index contributed by atoms with van der Waals surface area (Å²) in [7, 11) is -3.78. The van der Waals surface area contributed by atoms with E-state index in [0.717, 1.165) is 30.7 Å². The number of rotatable bonds is 7. The molecule has 1 aliphatic carbocycles. The fourth-order valence-corrected chi connectivity index (χ4v) is 5.84. The average molecular weight is 559 g/mol. The van der Waals surface area contributed by atoms with Crippen molar-refractivity contribution >= 4 is 32.7 Å². The summed E-state index contributed by atoms with van der Waals surface area (Å²) in [5.74, 6) is -1.39. The number of carbonyl (C=O) groups excluding carboxylic acids is 1. The van der Waals surface area contributed by atoms with Gasteiger partial charge in [0.15, 0.2) is 11.6 Å². The molecule has 6 rings (SSSR count). The molecule has 3 aromatic rings. The lowest BCUT2D eigenvalue weighted by Crippen LogP contribution is -2.41. The molecule has 206 valence electrons. The molecule has 12 heteroatoms. The highest BCUT2D eigenvalue weighted by Crippen LogP contribution is 2.48. The summed E-state index contributed by atoms with van der Waals surface area (Å²) in [6.45, 7) is -0.467. The second-order valence-electron chi connectivity index (χ2n) is 10.5. The van der Waals surface area contributed by atoms with Crippen LogP contribution in [0.25, 0.3) is 10.9 Å². The first-order valence-corrected chi connectivity index (χ1v) is 14.4. The van der Waals surface area contributed by atoms with E-state index in [1.807, 2.05) is 18.2 Å². The fraction of sp³-hybridized carbons (Fsp3) is 0.407. The Kier molecular flexibility index (Phi) is 6.16. The zero-order valence-corrected chi connectivity index (χ0v) is 21.9. The van der Waals surface area contributed by atoms with E-state index in [-0.39, 0.29) is 54.6 Å². The molecule has 1 N–H and O–H groups in total. The van der Waals surface area contributed by atoms with Gasteiger partial charge >= 0.3 is 5.97 Å². The lowest BCUT2D eigenvalue weighted by molar-refractivity contribution is 0.0133. The molecule has 1 saturated heterocycles. The molecule has 3 heterocycles. The molecule has 0 radical (unpaired) electrons. The third-order valence-corrected chi connectivity index (χ3v) is 7.89. The highest BCUT2D eigenvalue weighted by Gasteiger charge is 2.48. The molecular weight excluding hydrogens is 531 g/mol. The maximum atomic E-state index is 15.7. The highest BCUT2D eigenvalue weighted by atomic mass is 32.2. The van der Waals surface area contributed by atoms with Crippen LogP contribution < -0.4 is 15.1 Å². The normalized spacial score (nSPS) is 22.3. The Labute approximate surface area is 223 Å². The third-order valence-electron chi connectivity index (χ3n) is 7.34. The molecule has 2 aromatic carbocycles. The molecule has 10 nitrogen and oxygen atoms in total. The molecule has 2 atom stereocenters. The quantitative estimate of drug-likeness (QED) is 0.344. The third kappa shape index (κ3) is 4.88. The number of ether oxygens (including phenoxy) is 2. The van der Waals surface area contributed by atoms with Crippen LogP contribution in [0.2, 0.25) is 0 Å². The van der Waals surface area contributed by atoms with Crippen LogP contribution in [-0.2, 0) is 25.6 Å². The summed E-state index contributed by atoms with van der Waals surface area (Å²) in [6, 6.07) is 9.75. The van der Waals surface area contributed by atoms with Gasteiger partial charge in [0.05, 0.1) is 29.8 Å². The van der Waals surface area contributed by atoms with E-state index in [0.29, 0.717) is 5.52 Å². The van der Waals surface area contributed by atoms with Gasteiger partial charge in [-0.25, -0.2) is 9.18 Å². The molecular formula is C27H27FN2O8S. The number of halogens is 1. The number of esters is 1. The Hall–Kier alpha value is -3.48. The van der Waals surface area contributed by atoms with Crippen LogP contribution in [0.5, 0.6) is 5.75 Å². The van der Waals surface area contributed by atoms with Gasteiger partial charge < -0.3 is 24.0 Å². The summed E-state index contributed by atoms with van der Waals surface area (Å²) in [6.07, 6.45) is 4.10. The zero-order valence-electron chi connectivity index (χ0n) is 21.1. The smallest absolute Gasteiger partial charge is 0.343 e. The second-order valence-corrected chi connectivity index (χ2v) is 12.1. The van der Waals surface area contributed by atoms with E-state index in [9.17, 15) is 23.1 Å². The van der Waals surface area contributed by atoms with Crippen molar-refractivity contribution in [1.82, 2.24) is 4.57 Å². The minimum Gasteiger partial charge on any atom is -0.487 e. The highest BCUT2D eigenvalue weighted by molar-refractivity contribution is 7.85. The molecule has 2 aliphatic heterocycles. The van der Waals surface area contributed by atoms with Gasteiger partial charge in [-0.3, -0.25) is 8.98 Å². The number of hydrogen-bond donors (Lipinski definition) is 1. The number of carbonyl (C=O) groups is 1. The molecule has 0 bridgehead atoms. The van der Waals surface area contributed by atoms with Gasteiger partial charge in [-0.05, 0) is 24.5 Å². The average Bonchev–Trinajstić information content (AvgIpc) is 3.68. The van der Waals surface area contributed by atoms with E-state index in [1.54, 1.807) is 21.6 Å². The molecule has 0 amide bonds. The molecule has 39 heavy (non-hydrogen) atoms. The second kappa shape index (κ2) is 9.32. The van der Waals surface area contributed by atoms with Gasteiger partial charge in [0.2, 0.25) is 5.43 Å². The molecule has 0 unspecified atom stereocenters. The minimum atomic E-state index is -3.78. The Balaban J connectivity index is 1.39. The summed E-state index contributed by atoms with van der Waals surface area (Å²) in [5.41, 5.74) is -1.16. The van der Waals surface area contributed by atoms with E-state index < -0.39 is 45.6 Å². The number of benzene rings is 2. The number of aromatic nitrogens is 1. The van der Waals surface area contributed by atoms with Gasteiger partial charge in [0, 0.05) is 25.2 Å². The standard InChI is InChI=1S/C27H27FN2O8S/c1-39(34,35)38-15-27(33)10-18-13-36-25-22-19(9-21(28)23(25)30(18)14-27)24(31)20(11-29(22)17-7-8-17)26(32)37-12-16-5-3-2-4-6-16/h2-6,9,11,17-18,33H,7-8,10,12-15H2,1H3/t18-,27-/m0/s1. The van der Waals surface area contributed by atoms with Gasteiger partial charge in [-0.1, -0.05) is 30.3 Å². The van der Waals surface area contributed by atoms with Crippen molar-refractivity contribution in [1.29, 1.82) is 0 Å². The van der Waals surface area contributed by atoms with Crippen molar-refractivity contribution in [2.24, 2.45) is 0 Å². The molecule has 3 aliphatic rings. The number of anilines is 1. The largest absolute Gasteiger partial charge is 0.487 e. The summed E-state index contributed by atoms with van der Waals surface area (Å²) < 4.78 is 56.7. The van der Waals surface area contributed by atoms with Gasteiger partial charge in [0.25, 0.3) is 10.1 Å². The van der Waals surface area contributed by atoms with Crippen molar-refractivity contribution in [2.45, 2.75) is 43.6 Å². The van der Waals surface area contributed by atoms with Crippen molar-refractivity contribution in [3.8, 4) is 5.75 Å². The first kappa shape index (κ1) is 25.8. The first-order valence-electron chi connectivity index (χ1n) is 12.6. The maximum absolute atomic E-state index is 15.7. The zero-order chi connectivity index (χ0) is 27.5. The van der Waals surface area contributed by atoms with E-state index in [2.05, 4.69) is 0 Å². The number of hydrogen-bond acceptors (Lipinski definition) is 9. The summed E-state index contributed by atoms with van der Waals surface area (Å²) >= 11 is 0. The Morgan fingerprint density at radius 3 is 2.67 bits per heavy atom. The topological polar surface area (TPSA) is 124 Å². The van der Waals surface area contributed by atoms with Gasteiger partial charge in [-0.15, -0.1) is 0 Å². The lowest BCUT2D eigenvalue weighted by atomic mass is 10.0. The first-order chi connectivity index (χ1) is 18.5. The number of pyridine rings is 1. The van der Waals surface area contributed by atoms with Gasteiger partial charge in [-0.2, -0.15) is 8.42 Å². The monoisotopic (exact) mass is 558 g/mol. The van der Waals surface area contributed by atoms with E-state index in [4.69, 9.17) is 13.7 Å². The molecule has 2 fully saturated rings. The van der Waals surface area contributed by atoms with Crippen LogP contribution in [0.3, 0.4) is 0 Å². The summed E-state index contributed by atoms with van der Waals surface area (Å²) in [5, 5.41) is 11.0. The predicted molar refractivity (Wildman–Crippen MR) is 139 cm³/mol. The Morgan fingerprint density at radius 2 is 1.97 bits per heavy atom. The number of aliphatic hydroxyl groups is 1. The van der Waals surface area contributed by atoms with Crippen LogP contribution in [0.1, 0.15) is 41.2 Å². The molecule has 1 aromatic heterocycles. The lowest BCUT2D eigenvalue weighted by Gasteiger charge is -2.34. The molecule has 0 spiro atoms. The van der Waals surface area contributed by atoms with Gasteiger partial charge in [0.1, 0.15) is 30.1 Å². The molecule has 1 saturated carbocycles. The van der Waals surface area contributed by atoms with Crippen LogP contribution in [-0.4, -0.2) is 61.7 Å². The van der Waals surface area contributed by atoms with Crippen molar-refractivity contribution in [3.63, 3.8) is 0 Å². The van der Waals surface area contributed by atoms with E-state index in [1.165, 1.54) is 6.20 Å². The summed E-state index contributed by atoms with van der Waals surface area (Å²) in [4.78, 5) is 28.1.